The van der Waals surface area contributed by atoms with Crippen molar-refractivity contribution in [2.24, 2.45) is 5.92 Å². The number of alkyl halides is 1. The molecular formula is C14H18BrNO. The van der Waals surface area contributed by atoms with Gasteiger partial charge in [0, 0.05) is 24.0 Å². The van der Waals surface area contributed by atoms with Gasteiger partial charge in [-0.3, -0.25) is 4.79 Å². The van der Waals surface area contributed by atoms with E-state index in [9.17, 15) is 4.79 Å². The Morgan fingerprint density at radius 3 is 2.41 bits per heavy atom. The van der Waals surface area contributed by atoms with Crippen LogP contribution in [-0.4, -0.2) is 23.9 Å². The van der Waals surface area contributed by atoms with Gasteiger partial charge >= 0.3 is 0 Å². The Morgan fingerprint density at radius 1 is 1.29 bits per heavy atom. The first-order chi connectivity index (χ1) is 8.20. The summed E-state index contributed by atoms with van der Waals surface area (Å²) in [5.74, 6) is 0.938. The highest BCUT2D eigenvalue weighted by Gasteiger charge is 2.21. The SMILES string of the molecule is CC1CCN(C(=O)c2ccc(CBr)cc2)CC1. The number of hydrogen-bond acceptors (Lipinski definition) is 1. The number of nitrogens with zero attached hydrogens (tertiary/aromatic N) is 1. The summed E-state index contributed by atoms with van der Waals surface area (Å²) in [6.45, 7) is 4.06. The summed E-state index contributed by atoms with van der Waals surface area (Å²) in [4.78, 5) is 14.2. The molecule has 0 spiro atoms. The van der Waals surface area contributed by atoms with E-state index >= 15 is 0 Å². The average molecular weight is 296 g/mol. The van der Waals surface area contributed by atoms with Gasteiger partial charge in [-0.1, -0.05) is 35.0 Å². The molecule has 3 heteroatoms. The van der Waals surface area contributed by atoms with E-state index in [1.54, 1.807) is 0 Å². The zero-order valence-corrected chi connectivity index (χ0v) is 11.7. The van der Waals surface area contributed by atoms with Crippen LogP contribution in [0.4, 0.5) is 0 Å². The van der Waals surface area contributed by atoms with Gasteiger partial charge in [0.15, 0.2) is 0 Å². The fraction of sp³-hybridized carbons (Fsp3) is 0.500. The molecule has 1 saturated heterocycles. The molecule has 0 saturated carbocycles. The molecule has 0 atom stereocenters. The van der Waals surface area contributed by atoms with E-state index in [0.717, 1.165) is 42.7 Å². The van der Waals surface area contributed by atoms with Crippen molar-refractivity contribution in [3.8, 4) is 0 Å². The van der Waals surface area contributed by atoms with Crippen molar-refractivity contribution < 1.29 is 4.79 Å². The lowest BCUT2D eigenvalue weighted by Crippen LogP contribution is -2.37. The number of benzene rings is 1. The normalized spacial score (nSPS) is 17.2. The summed E-state index contributed by atoms with van der Waals surface area (Å²) < 4.78 is 0. The van der Waals surface area contributed by atoms with Crippen molar-refractivity contribution in [3.05, 3.63) is 35.4 Å². The van der Waals surface area contributed by atoms with E-state index in [1.165, 1.54) is 5.56 Å². The first-order valence-electron chi connectivity index (χ1n) is 6.15. The minimum atomic E-state index is 0.179. The topological polar surface area (TPSA) is 20.3 Å². The van der Waals surface area contributed by atoms with E-state index in [2.05, 4.69) is 22.9 Å². The molecule has 0 N–H and O–H groups in total. The van der Waals surface area contributed by atoms with E-state index in [1.807, 2.05) is 29.2 Å². The lowest BCUT2D eigenvalue weighted by atomic mass is 9.98. The van der Waals surface area contributed by atoms with Crippen molar-refractivity contribution in [1.29, 1.82) is 0 Å². The van der Waals surface area contributed by atoms with Crippen LogP contribution >= 0.6 is 15.9 Å². The van der Waals surface area contributed by atoms with E-state index in [-0.39, 0.29) is 5.91 Å². The van der Waals surface area contributed by atoms with Crippen LogP contribution in [-0.2, 0) is 5.33 Å². The molecule has 0 aliphatic carbocycles. The highest BCUT2D eigenvalue weighted by molar-refractivity contribution is 9.08. The summed E-state index contributed by atoms with van der Waals surface area (Å²) in [5, 5.41) is 0.836. The zero-order valence-electron chi connectivity index (χ0n) is 10.2. The molecule has 0 aromatic heterocycles. The largest absolute Gasteiger partial charge is 0.339 e. The monoisotopic (exact) mass is 295 g/mol. The molecule has 92 valence electrons. The van der Waals surface area contributed by atoms with Gasteiger partial charge in [0.2, 0.25) is 0 Å². The van der Waals surface area contributed by atoms with Gasteiger partial charge in [-0.15, -0.1) is 0 Å². The van der Waals surface area contributed by atoms with Crippen LogP contribution in [0, 0.1) is 5.92 Å². The summed E-state index contributed by atoms with van der Waals surface area (Å²) in [6, 6.07) is 7.87. The number of rotatable bonds is 2. The van der Waals surface area contributed by atoms with E-state index < -0.39 is 0 Å². The number of amides is 1. The minimum absolute atomic E-state index is 0.179. The molecule has 0 unspecified atom stereocenters. The Hall–Kier alpha value is -0.830. The molecule has 1 amide bonds. The van der Waals surface area contributed by atoms with Gasteiger partial charge in [0.25, 0.3) is 5.91 Å². The van der Waals surface area contributed by atoms with Crippen molar-refractivity contribution in [3.63, 3.8) is 0 Å². The molecule has 1 aliphatic heterocycles. The number of likely N-dealkylation sites (tertiary alicyclic amines) is 1. The molecule has 1 aromatic carbocycles. The second kappa shape index (κ2) is 5.67. The van der Waals surface area contributed by atoms with E-state index in [4.69, 9.17) is 0 Å². The molecule has 2 rings (SSSR count). The molecule has 2 nitrogen and oxygen atoms in total. The van der Waals surface area contributed by atoms with Crippen LogP contribution in [0.3, 0.4) is 0 Å². The third kappa shape index (κ3) is 3.09. The zero-order chi connectivity index (χ0) is 12.3. The highest BCUT2D eigenvalue weighted by Crippen LogP contribution is 2.18. The van der Waals surface area contributed by atoms with Crippen LogP contribution in [0.25, 0.3) is 0 Å². The second-order valence-corrected chi connectivity index (χ2v) is 5.37. The summed E-state index contributed by atoms with van der Waals surface area (Å²) >= 11 is 3.41. The first kappa shape index (κ1) is 12.6. The van der Waals surface area contributed by atoms with Gasteiger partial charge in [0.1, 0.15) is 0 Å². The van der Waals surface area contributed by atoms with Crippen molar-refractivity contribution >= 4 is 21.8 Å². The quantitative estimate of drug-likeness (QED) is 0.765. The van der Waals surface area contributed by atoms with Crippen molar-refractivity contribution in [2.75, 3.05) is 13.1 Å². The Balaban J connectivity index is 2.03. The molecular weight excluding hydrogens is 278 g/mol. The maximum Gasteiger partial charge on any atom is 0.253 e. The van der Waals surface area contributed by atoms with Crippen LogP contribution in [0.2, 0.25) is 0 Å². The van der Waals surface area contributed by atoms with Crippen LogP contribution in [0.15, 0.2) is 24.3 Å². The summed E-state index contributed by atoms with van der Waals surface area (Å²) in [6.07, 6.45) is 2.26. The smallest absolute Gasteiger partial charge is 0.253 e. The molecule has 1 heterocycles. The Labute approximate surface area is 111 Å². The highest BCUT2D eigenvalue weighted by atomic mass is 79.9. The third-order valence-corrected chi connectivity index (χ3v) is 4.07. The molecule has 1 fully saturated rings. The fourth-order valence-corrected chi connectivity index (χ4v) is 2.50. The van der Waals surface area contributed by atoms with Gasteiger partial charge in [-0.2, -0.15) is 0 Å². The van der Waals surface area contributed by atoms with Crippen molar-refractivity contribution in [1.82, 2.24) is 4.90 Å². The summed E-state index contributed by atoms with van der Waals surface area (Å²) in [7, 11) is 0. The van der Waals surface area contributed by atoms with Gasteiger partial charge in [-0.25, -0.2) is 0 Å². The van der Waals surface area contributed by atoms with Gasteiger partial charge < -0.3 is 4.90 Å². The predicted molar refractivity (Wildman–Crippen MR) is 73.4 cm³/mol. The third-order valence-electron chi connectivity index (χ3n) is 3.43. The minimum Gasteiger partial charge on any atom is -0.339 e. The lowest BCUT2D eigenvalue weighted by molar-refractivity contribution is 0.0697. The van der Waals surface area contributed by atoms with Crippen molar-refractivity contribution in [2.45, 2.75) is 25.1 Å². The van der Waals surface area contributed by atoms with Crippen LogP contribution < -0.4 is 0 Å². The number of carbonyl (C=O) groups excluding carboxylic acids is 1. The summed E-state index contributed by atoms with van der Waals surface area (Å²) in [5.41, 5.74) is 2.01. The first-order valence-corrected chi connectivity index (χ1v) is 7.27. The Bertz CT molecular complexity index is 380. The van der Waals surface area contributed by atoms with E-state index in [0.29, 0.717) is 0 Å². The maximum atomic E-state index is 12.2. The molecule has 17 heavy (non-hydrogen) atoms. The molecule has 0 bridgehead atoms. The molecule has 0 radical (unpaired) electrons. The van der Waals surface area contributed by atoms with Crippen LogP contribution in [0.5, 0.6) is 0 Å². The average Bonchev–Trinajstić information content (AvgIpc) is 2.39. The maximum absolute atomic E-state index is 12.2. The van der Waals surface area contributed by atoms with Crippen LogP contribution in [0.1, 0.15) is 35.7 Å². The standard InChI is InChI=1S/C14H18BrNO/c1-11-6-8-16(9-7-11)14(17)13-4-2-12(10-15)3-5-13/h2-5,11H,6-10H2,1H3. The molecule has 1 aliphatic rings. The number of piperidine rings is 1. The number of carbonyl (C=O) groups is 1. The van der Waals surface area contributed by atoms with Gasteiger partial charge in [0.05, 0.1) is 0 Å². The van der Waals surface area contributed by atoms with Gasteiger partial charge in [-0.05, 0) is 36.5 Å². The Kier molecular flexibility index (Phi) is 4.21. The number of hydrogen-bond donors (Lipinski definition) is 0. The fourth-order valence-electron chi connectivity index (χ4n) is 2.13. The lowest BCUT2D eigenvalue weighted by Gasteiger charge is -2.30. The predicted octanol–water partition coefficient (Wildman–Crippen LogP) is 3.45. The number of halogens is 1. The molecule has 1 aromatic rings. The second-order valence-electron chi connectivity index (χ2n) is 4.81. The Morgan fingerprint density at radius 2 is 1.88 bits per heavy atom.